The second-order valence-electron chi connectivity index (χ2n) is 7.11. The SMILES string of the molecule is O=C(c1cnccn1)N1CCC(NC[C@@H]2C[C@H]3C=C[C@H]2C3)CC1. The summed E-state index contributed by atoms with van der Waals surface area (Å²) in [4.78, 5) is 22.3. The number of aromatic nitrogens is 2. The number of nitrogens with one attached hydrogen (secondary N) is 1. The molecule has 0 spiro atoms. The van der Waals surface area contributed by atoms with Crippen LogP contribution in [-0.4, -0.2) is 46.5 Å². The van der Waals surface area contributed by atoms with E-state index in [4.69, 9.17) is 0 Å². The number of carbonyl (C=O) groups is 1. The van der Waals surface area contributed by atoms with Crippen LogP contribution in [0.3, 0.4) is 0 Å². The summed E-state index contributed by atoms with van der Waals surface area (Å²) in [6, 6.07) is 0.545. The van der Waals surface area contributed by atoms with E-state index in [0.29, 0.717) is 11.7 Å². The zero-order valence-corrected chi connectivity index (χ0v) is 13.4. The maximum absolute atomic E-state index is 12.4. The van der Waals surface area contributed by atoms with Gasteiger partial charge in [0.1, 0.15) is 5.69 Å². The topological polar surface area (TPSA) is 58.1 Å². The van der Waals surface area contributed by atoms with Crippen molar-refractivity contribution < 1.29 is 4.79 Å². The van der Waals surface area contributed by atoms with E-state index in [2.05, 4.69) is 27.4 Å². The van der Waals surface area contributed by atoms with Crippen LogP contribution in [0, 0.1) is 17.8 Å². The highest BCUT2D eigenvalue weighted by Gasteiger charge is 2.35. The fourth-order valence-electron chi connectivity index (χ4n) is 4.31. The Kier molecular flexibility index (Phi) is 4.12. The Balaban J connectivity index is 1.23. The largest absolute Gasteiger partial charge is 0.337 e. The van der Waals surface area contributed by atoms with Crippen molar-refractivity contribution in [2.75, 3.05) is 19.6 Å². The van der Waals surface area contributed by atoms with Crippen molar-refractivity contribution in [3.8, 4) is 0 Å². The molecule has 3 atom stereocenters. The Bertz CT molecular complexity index is 580. The van der Waals surface area contributed by atoms with Crippen LogP contribution >= 0.6 is 0 Å². The minimum Gasteiger partial charge on any atom is -0.337 e. The van der Waals surface area contributed by atoms with Crippen molar-refractivity contribution in [1.82, 2.24) is 20.2 Å². The molecular formula is C18H24N4O. The highest BCUT2D eigenvalue weighted by atomic mass is 16.2. The Labute approximate surface area is 137 Å². The highest BCUT2D eigenvalue weighted by Crippen LogP contribution is 2.43. The first-order valence-corrected chi connectivity index (χ1v) is 8.76. The van der Waals surface area contributed by atoms with E-state index in [1.165, 1.54) is 12.8 Å². The Morgan fingerprint density at radius 1 is 1.22 bits per heavy atom. The number of likely N-dealkylation sites (tertiary alicyclic amines) is 1. The number of hydrogen-bond acceptors (Lipinski definition) is 4. The van der Waals surface area contributed by atoms with Crippen molar-refractivity contribution in [2.45, 2.75) is 31.7 Å². The standard InChI is InChI=1S/C18H24N4O/c23-18(17-12-19-5-6-20-17)22-7-3-16(4-8-22)21-11-15-10-13-1-2-14(15)9-13/h1-2,5-6,12-16,21H,3-4,7-11H2/t13-,14-,15-/m0/s1. The van der Waals surface area contributed by atoms with Gasteiger partial charge in [-0.15, -0.1) is 0 Å². The molecule has 2 fully saturated rings. The molecule has 2 heterocycles. The van der Waals surface area contributed by atoms with E-state index in [1.54, 1.807) is 18.6 Å². The molecule has 4 rings (SSSR count). The van der Waals surface area contributed by atoms with Crippen LogP contribution in [-0.2, 0) is 0 Å². The molecule has 3 aliphatic rings. The second-order valence-corrected chi connectivity index (χ2v) is 7.11. The number of hydrogen-bond donors (Lipinski definition) is 1. The fraction of sp³-hybridized carbons (Fsp3) is 0.611. The molecule has 1 saturated carbocycles. The maximum Gasteiger partial charge on any atom is 0.274 e. The Morgan fingerprint density at radius 3 is 2.74 bits per heavy atom. The molecule has 1 N–H and O–H groups in total. The molecule has 0 radical (unpaired) electrons. The Hall–Kier alpha value is -1.75. The molecule has 5 heteroatoms. The number of allylic oxidation sites excluding steroid dienone is 2. The summed E-state index contributed by atoms with van der Waals surface area (Å²) in [5.74, 6) is 2.49. The lowest BCUT2D eigenvalue weighted by molar-refractivity contribution is 0.0697. The average Bonchev–Trinajstić information content (AvgIpc) is 3.24. The third kappa shape index (κ3) is 3.15. The van der Waals surface area contributed by atoms with Gasteiger partial charge in [0.05, 0.1) is 6.20 Å². The minimum atomic E-state index is 0.00906. The van der Waals surface area contributed by atoms with Gasteiger partial charge in [0.15, 0.2) is 0 Å². The summed E-state index contributed by atoms with van der Waals surface area (Å²) in [5.41, 5.74) is 0.452. The van der Waals surface area contributed by atoms with Gasteiger partial charge < -0.3 is 10.2 Å². The highest BCUT2D eigenvalue weighted by molar-refractivity contribution is 5.92. The fourth-order valence-corrected chi connectivity index (χ4v) is 4.31. The average molecular weight is 312 g/mol. The molecule has 23 heavy (non-hydrogen) atoms. The van der Waals surface area contributed by atoms with Crippen LogP contribution in [0.15, 0.2) is 30.7 Å². The van der Waals surface area contributed by atoms with E-state index in [-0.39, 0.29) is 5.91 Å². The molecule has 1 saturated heterocycles. The smallest absolute Gasteiger partial charge is 0.274 e. The first-order chi connectivity index (χ1) is 11.3. The molecule has 122 valence electrons. The number of piperidine rings is 1. The summed E-state index contributed by atoms with van der Waals surface area (Å²) in [7, 11) is 0. The van der Waals surface area contributed by atoms with E-state index in [1.807, 2.05) is 4.90 Å². The monoisotopic (exact) mass is 312 g/mol. The van der Waals surface area contributed by atoms with Gasteiger partial charge in [-0.1, -0.05) is 12.2 Å². The predicted octanol–water partition coefficient (Wildman–Crippen LogP) is 1.88. The van der Waals surface area contributed by atoms with E-state index < -0.39 is 0 Å². The van der Waals surface area contributed by atoms with Gasteiger partial charge in [0.2, 0.25) is 0 Å². The van der Waals surface area contributed by atoms with Gasteiger partial charge in [-0.25, -0.2) is 4.98 Å². The zero-order valence-electron chi connectivity index (χ0n) is 13.4. The van der Waals surface area contributed by atoms with Crippen LogP contribution in [0.2, 0.25) is 0 Å². The quantitative estimate of drug-likeness (QED) is 0.863. The molecule has 2 bridgehead atoms. The van der Waals surface area contributed by atoms with E-state index in [9.17, 15) is 4.79 Å². The number of fused-ring (bicyclic) bond motifs is 2. The van der Waals surface area contributed by atoms with Crippen molar-refractivity contribution in [3.05, 3.63) is 36.4 Å². The van der Waals surface area contributed by atoms with Gasteiger partial charge in [0.25, 0.3) is 5.91 Å². The molecule has 0 aromatic carbocycles. The summed E-state index contributed by atoms with van der Waals surface area (Å²) in [5, 5.41) is 3.75. The minimum absolute atomic E-state index is 0.00906. The molecule has 2 aliphatic carbocycles. The lowest BCUT2D eigenvalue weighted by Crippen LogP contribution is -2.46. The lowest BCUT2D eigenvalue weighted by Gasteiger charge is -2.33. The summed E-state index contributed by atoms with van der Waals surface area (Å²) < 4.78 is 0. The van der Waals surface area contributed by atoms with Crippen LogP contribution in [0.25, 0.3) is 0 Å². The molecule has 5 nitrogen and oxygen atoms in total. The predicted molar refractivity (Wildman–Crippen MR) is 87.8 cm³/mol. The van der Waals surface area contributed by atoms with Gasteiger partial charge >= 0.3 is 0 Å². The van der Waals surface area contributed by atoms with Crippen LogP contribution in [0.1, 0.15) is 36.2 Å². The number of carbonyl (C=O) groups excluding carboxylic acids is 1. The third-order valence-electron chi connectivity index (χ3n) is 5.65. The number of nitrogens with zero attached hydrogens (tertiary/aromatic N) is 3. The first-order valence-electron chi connectivity index (χ1n) is 8.76. The van der Waals surface area contributed by atoms with Crippen molar-refractivity contribution >= 4 is 5.91 Å². The number of rotatable bonds is 4. The van der Waals surface area contributed by atoms with Crippen molar-refractivity contribution in [2.24, 2.45) is 17.8 Å². The molecular weight excluding hydrogens is 288 g/mol. The first kappa shape index (κ1) is 14.8. The molecule has 1 aromatic rings. The van der Waals surface area contributed by atoms with Crippen LogP contribution < -0.4 is 5.32 Å². The van der Waals surface area contributed by atoms with Gasteiger partial charge in [-0.05, 0) is 50.0 Å². The summed E-state index contributed by atoms with van der Waals surface area (Å²) >= 11 is 0. The third-order valence-corrected chi connectivity index (χ3v) is 5.65. The second kappa shape index (κ2) is 6.40. The summed E-state index contributed by atoms with van der Waals surface area (Å²) in [6.45, 7) is 2.75. The summed E-state index contributed by atoms with van der Waals surface area (Å²) in [6.07, 6.45) is 14.3. The Morgan fingerprint density at radius 2 is 2.09 bits per heavy atom. The zero-order chi connectivity index (χ0) is 15.6. The van der Waals surface area contributed by atoms with Gasteiger partial charge in [-0.2, -0.15) is 0 Å². The lowest BCUT2D eigenvalue weighted by atomic mass is 9.93. The van der Waals surface area contributed by atoms with E-state index in [0.717, 1.165) is 50.2 Å². The van der Waals surface area contributed by atoms with Gasteiger partial charge in [-0.3, -0.25) is 9.78 Å². The van der Waals surface area contributed by atoms with Crippen LogP contribution in [0.5, 0.6) is 0 Å². The van der Waals surface area contributed by atoms with Crippen LogP contribution in [0.4, 0.5) is 0 Å². The van der Waals surface area contributed by atoms with Crippen molar-refractivity contribution in [3.63, 3.8) is 0 Å². The van der Waals surface area contributed by atoms with Crippen molar-refractivity contribution in [1.29, 1.82) is 0 Å². The molecule has 0 unspecified atom stereocenters. The molecule has 1 amide bonds. The molecule has 1 aromatic heterocycles. The number of amides is 1. The van der Waals surface area contributed by atoms with E-state index >= 15 is 0 Å². The van der Waals surface area contributed by atoms with Gasteiger partial charge in [0, 0.05) is 31.5 Å². The maximum atomic E-state index is 12.4. The molecule has 1 aliphatic heterocycles. The normalized spacial score (nSPS) is 30.1.